The SMILES string of the molecule is Cc1cc2c(=O)[nH]ccc2cc1F. The molecule has 0 spiro atoms. The second-order valence-corrected chi connectivity index (χ2v) is 3.00. The van der Waals surface area contributed by atoms with Gasteiger partial charge in [-0.15, -0.1) is 0 Å². The van der Waals surface area contributed by atoms with E-state index in [1.807, 2.05) is 0 Å². The molecule has 3 heteroatoms. The molecular formula is C10H8FNO. The minimum absolute atomic E-state index is 0.180. The number of benzene rings is 1. The molecule has 0 unspecified atom stereocenters. The fourth-order valence-electron chi connectivity index (χ4n) is 1.32. The van der Waals surface area contributed by atoms with E-state index in [4.69, 9.17) is 0 Å². The van der Waals surface area contributed by atoms with E-state index >= 15 is 0 Å². The topological polar surface area (TPSA) is 32.9 Å². The highest BCUT2D eigenvalue weighted by Gasteiger charge is 2.02. The van der Waals surface area contributed by atoms with Crippen molar-refractivity contribution in [2.45, 2.75) is 6.92 Å². The van der Waals surface area contributed by atoms with Gasteiger partial charge in [-0.25, -0.2) is 4.39 Å². The first-order valence-corrected chi connectivity index (χ1v) is 3.96. The third-order valence-electron chi connectivity index (χ3n) is 2.05. The Labute approximate surface area is 74.0 Å². The summed E-state index contributed by atoms with van der Waals surface area (Å²) in [6, 6.07) is 4.61. The number of aryl methyl sites for hydroxylation is 1. The Morgan fingerprint density at radius 3 is 2.92 bits per heavy atom. The zero-order valence-corrected chi connectivity index (χ0v) is 7.10. The van der Waals surface area contributed by atoms with Crippen molar-refractivity contribution in [1.82, 2.24) is 4.98 Å². The summed E-state index contributed by atoms with van der Waals surface area (Å²) in [6.07, 6.45) is 1.51. The summed E-state index contributed by atoms with van der Waals surface area (Å²) in [7, 11) is 0. The first kappa shape index (κ1) is 7.98. The van der Waals surface area contributed by atoms with Crippen molar-refractivity contribution >= 4 is 10.8 Å². The number of pyridine rings is 1. The summed E-state index contributed by atoms with van der Waals surface area (Å²) < 4.78 is 13.1. The Morgan fingerprint density at radius 2 is 2.15 bits per heavy atom. The lowest BCUT2D eigenvalue weighted by atomic mass is 10.1. The van der Waals surface area contributed by atoms with Gasteiger partial charge in [-0.3, -0.25) is 4.79 Å². The Kier molecular flexibility index (Phi) is 1.65. The molecule has 0 saturated carbocycles. The Balaban J connectivity index is 2.97. The number of H-pyrrole nitrogens is 1. The van der Waals surface area contributed by atoms with Gasteiger partial charge in [0.1, 0.15) is 5.82 Å². The lowest BCUT2D eigenvalue weighted by Gasteiger charge is -1.99. The smallest absolute Gasteiger partial charge is 0.255 e. The average Bonchev–Trinajstić information content (AvgIpc) is 2.09. The predicted octanol–water partition coefficient (Wildman–Crippen LogP) is 1.98. The maximum Gasteiger partial charge on any atom is 0.255 e. The molecule has 0 aliphatic rings. The van der Waals surface area contributed by atoms with E-state index in [1.165, 1.54) is 12.3 Å². The summed E-state index contributed by atoms with van der Waals surface area (Å²) >= 11 is 0. The highest BCUT2D eigenvalue weighted by molar-refractivity contribution is 5.81. The molecule has 2 aromatic rings. The van der Waals surface area contributed by atoms with E-state index in [0.717, 1.165) is 0 Å². The molecule has 66 valence electrons. The highest BCUT2D eigenvalue weighted by Crippen LogP contribution is 2.14. The largest absolute Gasteiger partial charge is 0.329 e. The molecule has 0 bridgehead atoms. The summed E-state index contributed by atoms with van der Waals surface area (Å²) in [6.45, 7) is 1.64. The molecule has 1 N–H and O–H groups in total. The molecule has 1 aromatic carbocycles. The zero-order chi connectivity index (χ0) is 9.42. The maximum absolute atomic E-state index is 13.1. The molecule has 0 amide bonds. The highest BCUT2D eigenvalue weighted by atomic mass is 19.1. The van der Waals surface area contributed by atoms with Crippen LogP contribution >= 0.6 is 0 Å². The zero-order valence-electron chi connectivity index (χ0n) is 7.10. The fraction of sp³-hybridized carbons (Fsp3) is 0.100. The molecule has 0 radical (unpaired) electrons. The van der Waals surface area contributed by atoms with Crippen molar-refractivity contribution in [3.8, 4) is 0 Å². The third kappa shape index (κ3) is 1.22. The quantitative estimate of drug-likeness (QED) is 0.655. The van der Waals surface area contributed by atoms with Crippen molar-refractivity contribution in [1.29, 1.82) is 0 Å². The van der Waals surface area contributed by atoms with Gasteiger partial charge < -0.3 is 4.98 Å². The molecule has 1 aromatic heterocycles. The van der Waals surface area contributed by atoms with Crippen LogP contribution in [-0.2, 0) is 0 Å². The molecule has 0 fully saturated rings. The molecule has 2 nitrogen and oxygen atoms in total. The number of nitrogens with one attached hydrogen (secondary N) is 1. The second kappa shape index (κ2) is 2.69. The van der Waals surface area contributed by atoms with Crippen LogP contribution in [0, 0.1) is 12.7 Å². The average molecular weight is 177 g/mol. The number of fused-ring (bicyclic) bond motifs is 1. The second-order valence-electron chi connectivity index (χ2n) is 3.00. The van der Waals surface area contributed by atoms with Crippen molar-refractivity contribution in [2.24, 2.45) is 0 Å². The van der Waals surface area contributed by atoms with E-state index in [1.54, 1.807) is 19.1 Å². The van der Waals surface area contributed by atoms with E-state index in [-0.39, 0.29) is 11.4 Å². The maximum atomic E-state index is 13.1. The van der Waals surface area contributed by atoms with Gasteiger partial charge in [-0.1, -0.05) is 0 Å². The van der Waals surface area contributed by atoms with Gasteiger partial charge in [0.15, 0.2) is 0 Å². The van der Waals surface area contributed by atoms with Crippen LogP contribution in [0.4, 0.5) is 4.39 Å². The molecule has 0 aliphatic carbocycles. The van der Waals surface area contributed by atoms with Crippen molar-refractivity contribution < 1.29 is 4.39 Å². The molecule has 1 heterocycles. The Hall–Kier alpha value is -1.64. The molecule has 0 saturated heterocycles. The number of hydrogen-bond donors (Lipinski definition) is 1. The van der Waals surface area contributed by atoms with E-state index in [0.29, 0.717) is 16.3 Å². The van der Waals surface area contributed by atoms with Gasteiger partial charge in [0, 0.05) is 11.6 Å². The molecule has 0 aliphatic heterocycles. The van der Waals surface area contributed by atoms with Gasteiger partial charge in [-0.05, 0) is 36.1 Å². The lowest BCUT2D eigenvalue weighted by molar-refractivity contribution is 0.620. The first-order valence-electron chi connectivity index (χ1n) is 3.96. The summed E-state index contributed by atoms with van der Waals surface area (Å²) in [5.74, 6) is -0.280. The lowest BCUT2D eigenvalue weighted by Crippen LogP contribution is -2.04. The van der Waals surface area contributed by atoms with E-state index < -0.39 is 0 Å². The predicted molar refractivity (Wildman–Crippen MR) is 49.3 cm³/mol. The third-order valence-corrected chi connectivity index (χ3v) is 2.05. The molecular weight excluding hydrogens is 169 g/mol. The molecule has 13 heavy (non-hydrogen) atoms. The van der Waals surface area contributed by atoms with Gasteiger partial charge in [-0.2, -0.15) is 0 Å². The van der Waals surface area contributed by atoms with Crippen molar-refractivity contribution in [3.05, 3.63) is 46.1 Å². The van der Waals surface area contributed by atoms with Crippen LogP contribution < -0.4 is 5.56 Å². The number of hydrogen-bond acceptors (Lipinski definition) is 1. The van der Waals surface area contributed by atoms with Crippen LogP contribution in [0.15, 0.2) is 29.2 Å². The summed E-state index contributed by atoms with van der Waals surface area (Å²) in [5, 5.41) is 1.16. The van der Waals surface area contributed by atoms with Crippen molar-refractivity contribution in [3.63, 3.8) is 0 Å². The number of halogens is 1. The standard InChI is InChI=1S/C10H8FNO/c1-6-4-8-7(5-9(6)11)2-3-12-10(8)13/h2-5H,1H3,(H,12,13). The number of rotatable bonds is 0. The van der Waals surface area contributed by atoms with Gasteiger partial charge in [0.05, 0.1) is 0 Å². The van der Waals surface area contributed by atoms with Crippen LogP contribution in [0.5, 0.6) is 0 Å². The van der Waals surface area contributed by atoms with Gasteiger partial charge in [0.2, 0.25) is 0 Å². The number of aromatic nitrogens is 1. The minimum Gasteiger partial charge on any atom is -0.329 e. The van der Waals surface area contributed by atoms with Crippen molar-refractivity contribution in [2.75, 3.05) is 0 Å². The van der Waals surface area contributed by atoms with Gasteiger partial charge in [0.25, 0.3) is 5.56 Å². The summed E-state index contributed by atoms with van der Waals surface area (Å²) in [4.78, 5) is 13.8. The van der Waals surface area contributed by atoms with Crippen LogP contribution in [0.3, 0.4) is 0 Å². The monoisotopic (exact) mass is 177 g/mol. The normalized spacial score (nSPS) is 10.6. The first-order chi connectivity index (χ1) is 6.18. The Morgan fingerprint density at radius 1 is 1.38 bits per heavy atom. The molecule has 0 atom stereocenters. The fourth-order valence-corrected chi connectivity index (χ4v) is 1.32. The van der Waals surface area contributed by atoms with Gasteiger partial charge >= 0.3 is 0 Å². The van der Waals surface area contributed by atoms with E-state index in [9.17, 15) is 9.18 Å². The summed E-state index contributed by atoms with van der Waals surface area (Å²) in [5.41, 5.74) is 0.310. The van der Waals surface area contributed by atoms with Crippen LogP contribution in [0.2, 0.25) is 0 Å². The molecule has 2 rings (SSSR count). The van der Waals surface area contributed by atoms with Crippen LogP contribution in [0.25, 0.3) is 10.8 Å². The van der Waals surface area contributed by atoms with Crippen LogP contribution in [0.1, 0.15) is 5.56 Å². The number of aromatic amines is 1. The minimum atomic E-state index is -0.280. The Bertz CT molecular complexity index is 516. The van der Waals surface area contributed by atoms with Crippen LogP contribution in [-0.4, -0.2) is 4.98 Å². The van der Waals surface area contributed by atoms with E-state index in [2.05, 4.69) is 4.98 Å².